The van der Waals surface area contributed by atoms with Gasteiger partial charge in [0.2, 0.25) is 15.9 Å². The lowest BCUT2D eigenvalue weighted by Crippen LogP contribution is -2.47. The van der Waals surface area contributed by atoms with Crippen molar-refractivity contribution in [1.29, 1.82) is 0 Å². The fraction of sp³-hybridized carbons (Fsp3) is 0.250. The quantitative estimate of drug-likeness (QED) is 0.365. The Morgan fingerprint density at radius 1 is 1.23 bits per heavy atom. The van der Waals surface area contributed by atoms with Crippen molar-refractivity contribution in [3.05, 3.63) is 77.8 Å². The van der Waals surface area contributed by atoms with E-state index < -0.39 is 33.6 Å². The van der Waals surface area contributed by atoms with E-state index in [1.165, 1.54) is 27.6 Å². The molecule has 0 bridgehead atoms. The second-order valence-electron chi connectivity index (χ2n) is 8.32. The molecular weight excluding hydrogens is 496 g/mol. The number of carbonyl (C=O) groups is 1. The molecule has 1 aliphatic rings. The van der Waals surface area contributed by atoms with Crippen LogP contribution in [-0.4, -0.2) is 36.2 Å². The molecule has 0 radical (unpaired) electrons. The lowest BCUT2D eigenvalue weighted by atomic mass is 10.2. The topological polar surface area (TPSA) is 83.7 Å². The highest BCUT2D eigenvalue weighted by Crippen LogP contribution is 2.35. The summed E-state index contributed by atoms with van der Waals surface area (Å²) in [5, 5.41) is 0.130. The molecule has 4 aromatic rings. The molecule has 0 N–H and O–H groups in total. The predicted molar refractivity (Wildman–Crippen MR) is 128 cm³/mol. The summed E-state index contributed by atoms with van der Waals surface area (Å²) in [6.45, 7) is 2.02. The minimum absolute atomic E-state index is 0.0370. The molecule has 5 rings (SSSR count). The van der Waals surface area contributed by atoms with Gasteiger partial charge < -0.3 is 4.42 Å². The molecule has 3 heterocycles. The van der Waals surface area contributed by atoms with Crippen LogP contribution in [0, 0.1) is 18.6 Å². The molecule has 2 aromatic heterocycles. The number of amides is 1. The van der Waals surface area contributed by atoms with E-state index in [0.717, 1.165) is 29.0 Å². The van der Waals surface area contributed by atoms with Gasteiger partial charge in [0.15, 0.2) is 10.9 Å². The lowest BCUT2D eigenvalue weighted by Gasteiger charge is -2.28. The number of sulfonamides is 1. The normalized spacial score (nSPS) is 16.7. The van der Waals surface area contributed by atoms with Gasteiger partial charge in [0.05, 0.1) is 22.4 Å². The van der Waals surface area contributed by atoms with Gasteiger partial charge in [0, 0.05) is 12.6 Å². The molecule has 0 spiro atoms. The smallest absolute Gasteiger partial charge is 0.247 e. The molecule has 0 aliphatic carbocycles. The molecule has 2 aromatic carbocycles. The van der Waals surface area contributed by atoms with Crippen molar-refractivity contribution >= 4 is 42.6 Å². The van der Waals surface area contributed by atoms with E-state index >= 15 is 0 Å². The van der Waals surface area contributed by atoms with E-state index in [4.69, 9.17) is 4.42 Å². The molecule has 1 aliphatic heterocycles. The highest BCUT2D eigenvalue weighted by molar-refractivity contribution is 7.89. The maximum Gasteiger partial charge on any atom is 0.247 e. The summed E-state index contributed by atoms with van der Waals surface area (Å²) in [5.41, 5.74) is 0.862. The van der Waals surface area contributed by atoms with Gasteiger partial charge in [-0.25, -0.2) is 22.2 Å². The minimum Gasteiger partial charge on any atom is -0.467 e. The third-order valence-electron chi connectivity index (χ3n) is 5.91. The number of fused-ring (bicyclic) bond motifs is 1. The molecule has 35 heavy (non-hydrogen) atoms. The van der Waals surface area contributed by atoms with Crippen LogP contribution in [0.5, 0.6) is 0 Å². The SMILES string of the molecule is Cc1ccc(S(=O)(=O)N2CCCC2C(=O)N(Cc2ccco2)c2nc3c(F)cc(F)cc3s2)cc1. The fourth-order valence-electron chi connectivity index (χ4n) is 4.16. The highest BCUT2D eigenvalue weighted by atomic mass is 32.2. The highest BCUT2D eigenvalue weighted by Gasteiger charge is 2.42. The molecule has 1 saturated heterocycles. The summed E-state index contributed by atoms with van der Waals surface area (Å²) in [5.74, 6) is -1.65. The molecule has 0 saturated carbocycles. The van der Waals surface area contributed by atoms with Crippen molar-refractivity contribution in [1.82, 2.24) is 9.29 Å². The Morgan fingerprint density at radius 3 is 2.71 bits per heavy atom. The van der Waals surface area contributed by atoms with Crippen molar-refractivity contribution in [2.75, 3.05) is 11.4 Å². The Bertz CT molecular complexity index is 1490. The molecule has 1 fully saturated rings. The molecule has 11 heteroatoms. The maximum atomic E-state index is 14.3. The van der Waals surface area contributed by atoms with Crippen LogP contribution >= 0.6 is 11.3 Å². The number of furan rings is 1. The number of benzene rings is 2. The number of nitrogens with zero attached hydrogens (tertiary/aromatic N) is 3. The zero-order chi connectivity index (χ0) is 24.7. The van der Waals surface area contributed by atoms with Crippen LogP contribution in [-0.2, 0) is 21.4 Å². The minimum atomic E-state index is -3.93. The number of rotatable bonds is 6. The summed E-state index contributed by atoms with van der Waals surface area (Å²) in [6, 6.07) is 10.7. The second-order valence-corrected chi connectivity index (χ2v) is 11.2. The third-order valence-corrected chi connectivity index (χ3v) is 8.86. The van der Waals surface area contributed by atoms with Gasteiger partial charge in [-0.05, 0) is 50.1 Å². The van der Waals surface area contributed by atoms with Gasteiger partial charge >= 0.3 is 0 Å². The van der Waals surface area contributed by atoms with Crippen molar-refractivity contribution in [2.45, 2.75) is 37.2 Å². The standard InChI is InChI=1S/C24H21F2N3O4S2/c1-15-6-8-18(9-7-15)35(31,32)29-10-2-5-20(29)23(30)28(14-17-4-3-11-33-17)24-27-22-19(26)12-16(25)13-21(22)34-24/h3-4,6-9,11-13,20H,2,5,10,14H2,1H3. The number of thiazole rings is 1. The second kappa shape index (κ2) is 9.14. The van der Waals surface area contributed by atoms with Crippen LogP contribution < -0.4 is 4.90 Å². The Balaban J connectivity index is 1.53. The van der Waals surface area contributed by atoms with Crippen LogP contribution in [0.25, 0.3) is 10.2 Å². The van der Waals surface area contributed by atoms with Crippen molar-refractivity contribution in [3.8, 4) is 0 Å². The fourth-order valence-corrected chi connectivity index (χ4v) is 6.82. The average molecular weight is 518 g/mol. The van der Waals surface area contributed by atoms with E-state index in [2.05, 4.69) is 4.98 Å². The van der Waals surface area contributed by atoms with Crippen LogP contribution in [0.2, 0.25) is 0 Å². The van der Waals surface area contributed by atoms with E-state index in [1.807, 2.05) is 6.92 Å². The molecule has 182 valence electrons. The van der Waals surface area contributed by atoms with E-state index in [9.17, 15) is 22.0 Å². The molecule has 1 atom stereocenters. The predicted octanol–water partition coefficient (Wildman–Crippen LogP) is 4.86. The van der Waals surface area contributed by atoms with Gasteiger partial charge in [-0.15, -0.1) is 0 Å². The summed E-state index contributed by atoms with van der Waals surface area (Å²) in [4.78, 5) is 19.5. The van der Waals surface area contributed by atoms with E-state index in [0.29, 0.717) is 18.6 Å². The first-order valence-corrected chi connectivity index (χ1v) is 13.2. The number of aryl methyl sites for hydroxylation is 1. The Morgan fingerprint density at radius 2 is 2.00 bits per heavy atom. The van der Waals surface area contributed by atoms with Crippen LogP contribution in [0.4, 0.5) is 13.9 Å². The first-order valence-electron chi connectivity index (χ1n) is 10.9. The number of hydrogen-bond donors (Lipinski definition) is 0. The summed E-state index contributed by atoms with van der Waals surface area (Å²) < 4.78 is 61.7. The Kier molecular flexibility index (Phi) is 6.16. The van der Waals surface area contributed by atoms with Gasteiger partial charge in [-0.1, -0.05) is 29.0 Å². The first kappa shape index (κ1) is 23.6. The van der Waals surface area contributed by atoms with E-state index in [1.54, 1.807) is 24.3 Å². The summed E-state index contributed by atoms with van der Waals surface area (Å²) in [6.07, 6.45) is 2.29. The number of aromatic nitrogens is 1. The number of carbonyl (C=O) groups excluding carboxylic acids is 1. The van der Waals surface area contributed by atoms with Crippen LogP contribution in [0.15, 0.2) is 64.1 Å². The zero-order valence-electron chi connectivity index (χ0n) is 18.6. The third kappa shape index (κ3) is 4.46. The number of anilines is 1. The van der Waals surface area contributed by atoms with Crippen LogP contribution in [0.1, 0.15) is 24.2 Å². The zero-order valence-corrected chi connectivity index (χ0v) is 20.3. The van der Waals surface area contributed by atoms with Gasteiger partial charge in [0.25, 0.3) is 0 Å². The molecule has 7 nitrogen and oxygen atoms in total. The number of halogens is 2. The Labute approximate surface area is 204 Å². The van der Waals surface area contributed by atoms with Gasteiger partial charge in [-0.3, -0.25) is 9.69 Å². The van der Waals surface area contributed by atoms with Crippen LogP contribution in [0.3, 0.4) is 0 Å². The lowest BCUT2D eigenvalue weighted by molar-refractivity contribution is -0.121. The molecule has 1 unspecified atom stereocenters. The van der Waals surface area contributed by atoms with Gasteiger partial charge in [-0.2, -0.15) is 4.31 Å². The largest absolute Gasteiger partial charge is 0.467 e. The van der Waals surface area contributed by atoms with Gasteiger partial charge in [0.1, 0.15) is 23.1 Å². The van der Waals surface area contributed by atoms with Crippen molar-refractivity contribution in [3.63, 3.8) is 0 Å². The summed E-state index contributed by atoms with van der Waals surface area (Å²) >= 11 is 0.954. The number of hydrogen-bond acceptors (Lipinski definition) is 6. The van der Waals surface area contributed by atoms with Crippen molar-refractivity contribution < 1.29 is 26.4 Å². The molecule has 1 amide bonds. The average Bonchev–Trinajstić information content (AvgIpc) is 3.57. The maximum absolute atomic E-state index is 14.3. The van der Waals surface area contributed by atoms with E-state index in [-0.39, 0.29) is 33.3 Å². The van der Waals surface area contributed by atoms with Crippen molar-refractivity contribution in [2.24, 2.45) is 0 Å². The Hall–Kier alpha value is -3.15. The summed E-state index contributed by atoms with van der Waals surface area (Å²) in [7, 11) is -3.93. The molecular formula is C24H21F2N3O4S2. The first-order chi connectivity index (χ1) is 16.7. The monoisotopic (exact) mass is 517 g/mol.